The number of fused-ring (bicyclic) bond motifs is 5. The fourth-order valence-corrected chi connectivity index (χ4v) is 6.01. The minimum absolute atomic E-state index is 0. The van der Waals surface area contributed by atoms with Crippen molar-refractivity contribution in [3.8, 4) is 0 Å². The van der Waals surface area contributed by atoms with Gasteiger partial charge in [0, 0.05) is 36.3 Å². The molecule has 1 aromatic rings. The van der Waals surface area contributed by atoms with Crippen molar-refractivity contribution in [3.63, 3.8) is 0 Å². The average Bonchev–Trinajstić information content (AvgIpc) is 3.32. The van der Waals surface area contributed by atoms with Crippen LogP contribution in [0.15, 0.2) is 21.3 Å². The van der Waals surface area contributed by atoms with Crippen molar-refractivity contribution in [3.05, 3.63) is 17.0 Å². The molecule has 0 aliphatic carbocycles. The molecule has 0 amide bonds. The Balaban J connectivity index is 0.00000196. The molecule has 4 atom stereocenters. The lowest BCUT2D eigenvalue weighted by Crippen LogP contribution is -2.41. The van der Waals surface area contributed by atoms with Crippen LogP contribution >= 0.6 is 35.3 Å². The van der Waals surface area contributed by atoms with Gasteiger partial charge in [-0.3, -0.25) is 0 Å². The molecule has 146 valence electrons. The summed E-state index contributed by atoms with van der Waals surface area (Å²) in [5, 5.41) is 8.54. The van der Waals surface area contributed by atoms with Crippen LogP contribution in [-0.2, 0) is 21.3 Å². The van der Waals surface area contributed by atoms with Gasteiger partial charge in [-0.1, -0.05) is 0 Å². The molecule has 3 N–H and O–H groups in total. The fourth-order valence-electron chi connectivity index (χ4n) is 4.31. The van der Waals surface area contributed by atoms with E-state index in [1.807, 2.05) is 0 Å². The Labute approximate surface area is 175 Å². The molecule has 0 spiro atoms. The van der Waals surface area contributed by atoms with Crippen LogP contribution in [0.4, 0.5) is 0 Å². The van der Waals surface area contributed by atoms with Gasteiger partial charge in [0.05, 0.1) is 18.8 Å². The van der Waals surface area contributed by atoms with Crippen LogP contribution < -0.4 is 10.5 Å². The quantitative estimate of drug-likeness (QED) is 0.363. The number of sulfonamides is 1. The number of ether oxygens (including phenoxy) is 1. The number of aliphatic imine (C=N–C) groups is 1. The average molecular weight is 512 g/mol. The highest BCUT2D eigenvalue weighted by atomic mass is 127. The molecule has 0 radical (unpaired) electrons. The smallest absolute Gasteiger partial charge is 0.247 e. The largest absolute Gasteiger partial charge is 0.374 e. The van der Waals surface area contributed by atoms with E-state index in [9.17, 15) is 8.42 Å². The zero-order valence-electron chi connectivity index (χ0n) is 14.6. The summed E-state index contributed by atoms with van der Waals surface area (Å²) in [6.45, 7) is 5.30. The standard InChI is InChI=1S/C16H24N4O3S2.HI/c1-2-18-16(19-7-10-3-6-15(24-10)25(17,21)22)20-8-11-12(9-20)14-5-4-13(11)23-14;/h3,6,11-14H,2,4-5,7-9H2,1H3,(H,18,19)(H2,17,21,22);1H. The Hall–Kier alpha value is -0.430. The summed E-state index contributed by atoms with van der Waals surface area (Å²) in [7, 11) is -3.63. The molecule has 3 saturated heterocycles. The molecule has 2 bridgehead atoms. The van der Waals surface area contributed by atoms with E-state index in [2.05, 4.69) is 17.1 Å². The minimum Gasteiger partial charge on any atom is -0.374 e. The Morgan fingerprint density at radius 2 is 2.00 bits per heavy atom. The van der Waals surface area contributed by atoms with E-state index in [0.29, 0.717) is 30.6 Å². The predicted octanol–water partition coefficient (Wildman–Crippen LogP) is 1.59. The Bertz CT molecular complexity index is 764. The number of thiophene rings is 1. The van der Waals surface area contributed by atoms with Gasteiger partial charge in [0.25, 0.3) is 0 Å². The third-order valence-corrected chi connectivity index (χ3v) is 7.90. The van der Waals surface area contributed by atoms with Gasteiger partial charge >= 0.3 is 0 Å². The first-order valence-electron chi connectivity index (χ1n) is 8.76. The number of halogens is 1. The molecule has 1 aromatic heterocycles. The molecular weight excluding hydrogens is 487 g/mol. The number of guanidine groups is 1. The van der Waals surface area contributed by atoms with Crippen LogP contribution in [0.25, 0.3) is 0 Å². The van der Waals surface area contributed by atoms with Crippen molar-refractivity contribution in [1.29, 1.82) is 0 Å². The summed E-state index contributed by atoms with van der Waals surface area (Å²) in [5.41, 5.74) is 0. The number of primary sulfonamides is 1. The molecule has 3 aliphatic heterocycles. The zero-order valence-corrected chi connectivity index (χ0v) is 18.6. The highest BCUT2D eigenvalue weighted by Crippen LogP contribution is 2.47. The molecule has 7 nitrogen and oxygen atoms in total. The van der Waals surface area contributed by atoms with E-state index in [-0.39, 0.29) is 28.2 Å². The second-order valence-electron chi connectivity index (χ2n) is 6.96. The second kappa shape index (κ2) is 7.90. The van der Waals surface area contributed by atoms with Crippen molar-refractivity contribution in [1.82, 2.24) is 10.2 Å². The Kier molecular flexibility index (Phi) is 6.17. The van der Waals surface area contributed by atoms with Crippen molar-refractivity contribution in [2.45, 2.75) is 42.7 Å². The summed E-state index contributed by atoms with van der Waals surface area (Å²) in [6.07, 6.45) is 3.24. The number of hydrogen-bond acceptors (Lipinski definition) is 5. The summed E-state index contributed by atoms with van der Waals surface area (Å²) in [6, 6.07) is 3.33. The van der Waals surface area contributed by atoms with Gasteiger partial charge in [0.1, 0.15) is 4.21 Å². The topological polar surface area (TPSA) is 97.0 Å². The van der Waals surface area contributed by atoms with Gasteiger partial charge in [-0.15, -0.1) is 35.3 Å². The van der Waals surface area contributed by atoms with Crippen LogP contribution in [0, 0.1) is 11.8 Å². The van der Waals surface area contributed by atoms with Crippen LogP contribution in [0.5, 0.6) is 0 Å². The molecule has 0 aromatic carbocycles. The number of nitrogens with zero attached hydrogens (tertiary/aromatic N) is 2. The summed E-state index contributed by atoms with van der Waals surface area (Å²) >= 11 is 1.18. The van der Waals surface area contributed by atoms with Crippen LogP contribution in [0.2, 0.25) is 0 Å². The number of hydrogen-bond donors (Lipinski definition) is 2. The first kappa shape index (κ1) is 20.3. The van der Waals surface area contributed by atoms with Gasteiger partial charge in [-0.2, -0.15) is 0 Å². The van der Waals surface area contributed by atoms with Gasteiger partial charge in [-0.25, -0.2) is 18.5 Å². The monoisotopic (exact) mass is 512 g/mol. The van der Waals surface area contributed by atoms with E-state index in [0.717, 1.165) is 30.5 Å². The second-order valence-corrected chi connectivity index (χ2v) is 9.92. The lowest BCUT2D eigenvalue weighted by atomic mass is 9.82. The van der Waals surface area contributed by atoms with Crippen LogP contribution in [0.1, 0.15) is 24.6 Å². The Morgan fingerprint density at radius 1 is 1.35 bits per heavy atom. The highest BCUT2D eigenvalue weighted by Gasteiger charge is 2.53. The number of likely N-dealkylation sites (tertiary alicyclic amines) is 1. The van der Waals surface area contributed by atoms with Crippen molar-refractivity contribution in [2.24, 2.45) is 22.0 Å². The van der Waals surface area contributed by atoms with E-state index >= 15 is 0 Å². The fraction of sp³-hybridized carbons (Fsp3) is 0.688. The van der Waals surface area contributed by atoms with Crippen molar-refractivity contribution < 1.29 is 13.2 Å². The Morgan fingerprint density at radius 3 is 2.54 bits per heavy atom. The molecular formula is C16H25IN4O3S2. The van der Waals surface area contributed by atoms with E-state index in [4.69, 9.17) is 14.9 Å². The van der Waals surface area contributed by atoms with Crippen LogP contribution in [-0.4, -0.2) is 51.1 Å². The van der Waals surface area contributed by atoms with Gasteiger partial charge < -0.3 is 15.0 Å². The molecule has 10 heteroatoms. The first-order valence-corrected chi connectivity index (χ1v) is 11.1. The predicted molar refractivity (Wildman–Crippen MR) is 112 cm³/mol. The van der Waals surface area contributed by atoms with Gasteiger partial charge in [-0.05, 0) is 31.9 Å². The molecule has 4 rings (SSSR count). The maximum absolute atomic E-state index is 11.4. The van der Waals surface area contributed by atoms with E-state index in [1.165, 1.54) is 24.2 Å². The zero-order chi connectivity index (χ0) is 17.6. The maximum Gasteiger partial charge on any atom is 0.247 e. The van der Waals surface area contributed by atoms with Crippen molar-refractivity contribution >= 4 is 51.3 Å². The van der Waals surface area contributed by atoms with Crippen molar-refractivity contribution in [2.75, 3.05) is 19.6 Å². The van der Waals surface area contributed by atoms with Gasteiger partial charge in [0.15, 0.2) is 5.96 Å². The van der Waals surface area contributed by atoms with Gasteiger partial charge in [0.2, 0.25) is 10.0 Å². The summed E-state index contributed by atoms with van der Waals surface area (Å²) in [4.78, 5) is 7.95. The first-order chi connectivity index (χ1) is 12.0. The molecule has 4 unspecified atom stereocenters. The SMILES string of the molecule is CCNC(=NCc1ccc(S(N)(=O)=O)s1)N1CC2C3CCC(O3)C2C1.I. The molecule has 3 aliphatic rings. The molecule has 0 saturated carbocycles. The number of nitrogens with two attached hydrogens (primary N) is 1. The number of rotatable bonds is 4. The van der Waals surface area contributed by atoms with Crippen LogP contribution in [0.3, 0.4) is 0 Å². The third kappa shape index (κ3) is 3.89. The molecule has 4 heterocycles. The van der Waals surface area contributed by atoms with E-state index in [1.54, 1.807) is 12.1 Å². The third-order valence-electron chi connectivity index (χ3n) is 5.39. The summed E-state index contributed by atoms with van der Waals surface area (Å²) < 4.78 is 29.0. The highest BCUT2D eigenvalue weighted by molar-refractivity contribution is 14.0. The minimum atomic E-state index is -3.63. The number of nitrogens with one attached hydrogen (secondary N) is 1. The lowest BCUT2D eigenvalue weighted by molar-refractivity contribution is 0.0767. The molecule has 3 fully saturated rings. The normalized spacial score (nSPS) is 30.4. The summed E-state index contributed by atoms with van der Waals surface area (Å²) in [5.74, 6) is 2.15. The molecule has 26 heavy (non-hydrogen) atoms. The lowest BCUT2D eigenvalue weighted by Gasteiger charge is -2.23. The maximum atomic E-state index is 11.4. The van der Waals surface area contributed by atoms with E-state index < -0.39 is 10.0 Å².